The highest BCUT2D eigenvalue weighted by atomic mass is 32.2. The van der Waals surface area contributed by atoms with Gasteiger partial charge in [0.1, 0.15) is 0 Å². The number of thioether (sulfide) groups is 1. The molecule has 3 aromatic rings. The molecule has 2 N–H and O–H groups in total. The number of aryl methyl sites for hydroxylation is 1. The van der Waals surface area contributed by atoms with Gasteiger partial charge in [-0.15, -0.1) is 11.8 Å². The Labute approximate surface area is 122 Å². The summed E-state index contributed by atoms with van der Waals surface area (Å²) < 4.78 is 0. The molecule has 0 bridgehead atoms. The van der Waals surface area contributed by atoms with E-state index in [1.807, 2.05) is 25.1 Å². The Morgan fingerprint density at radius 1 is 1.15 bits per heavy atom. The van der Waals surface area contributed by atoms with Gasteiger partial charge < -0.3 is 5.73 Å². The van der Waals surface area contributed by atoms with Crippen molar-refractivity contribution < 1.29 is 0 Å². The average Bonchev–Trinajstić information content (AvgIpc) is 2.46. The SMILES string of the molecule is Cc1cc(CSc2ccc(N)cn2)c2ccccc2n1. The molecule has 2 aromatic heterocycles. The summed E-state index contributed by atoms with van der Waals surface area (Å²) in [5, 5.41) is 2.19. The van der Waals surface area contributed by atoms with Crippen LogP contribution in [0.4, 0.5) is 5.69 Å². The maximum Gasteiger partial charge on any atom is 0.0964 e. The number of nitrogen functional groups attached to an aromatic ring is 1. The van der Waals surface area contributed by atoms with Crippen LogP contribution in [0.2, 0.25) is 0 Å². The molecule has 0 saturated carbocycles. The fourth-order valence-electron chi connectivity index (χ4n) is 2.14. The second kappa shape index (κ2) is 5.51. The molecular formula is C16H15N3S. The molecule has 3 rings (SSSR count). The van der Waals surface area contributed by atoms with Crippen LogP contribution in [0, 0.1) is 6.92 Å². The number of aromatic nitrogens is 2. The molecule has 0 aliphatic rings. The summed E-state index contributed by atoms with van der Waals surface area (Å²) in [6.07, 6.45) is 1.69. The zero-order valence-electron chi connectivity index (χ0n) is 11.2. The van der Waals surface area contributed by atoms with Crippen LogP contribution in [0.1, 0.15) is 11.3 Å². The standard InChI is InChI=1S/C16H15N3S/c1-11-8-12(14-4-2-3-5-15(14)19-11)10-20-16-7-6-13(17)9-18-16/h2-9H,10,17H2,1H3. The molecule has 0 amide bonds. The smallest absolute Gasteiger partial charge is 0.0964 e. The zero-order chi connectivity index (χ0) is 13.9. The molecule has 20 heavy (non-hydrogen) atoms. The number of hydrogen-bond acceptors (Lipinski definition) is 4. The molecule has 0 fully saturated rings. The fraction of sp³-hybridized carbons (Fsp3) is 0.125. The molecule has 2 heterocycles. The van der Waals surface area contributed by atoms with Crippen LogP contribution >= 0.6 is 11.8 Å². The van der Waals surface area contributed by atoms with Crippen LogP contribution in [-0.2, 0) is 5.75 Å². The molecule has 0 radical (unpaired) electrons. The number of para-hydroxylation sites is 1. The number of rotatable bonds is 3. The Balaban J connectivity index is 1.88. The monoisotopic (exact) mass is 281 g/mol. The van der Waals surface area contributed by atoms with E-state index in [1.54, 1.807) is 18.0 Å². The summed E-state index contributed by atoms with van der Waals surface area (Å²) in [4.78, 5) is 8.88. The van der Waals surface area contributed by atoms with Crippen LogP contribution < -0.4 is 5.73 Å². The first-order chi connectivity index (χ1) is 9.72. The summed E-state index contributed by atoms with van der Waals surface area (Å²) in [6.45, 7) is 2.03. The van der Waals surface area contributed by atoms with Crippen molar-refractivity contribution >= 4 is 28.4 Å². The van der Waals surface area contributed by atoms with Crippen molar-refractivity contribution in [1.29, 1.82) is 0 Å². The first-order valence-electron chi connectivity index (χ1n) is 6.42. The highest BCUT2D eigenvalue weighted by molar-refractivity contribution is 7.98. The van der Waals surface area contributed by atoms with Crippen LogP contribution in [-0.4, -0.2) is 9.97 Å². The van der Waals surface area contributed by atoms with Gasteiger partial charge in [0.25, 0.3) is 0 Å². The van der Waals surface area contributed by atoms with Gasteiger partial charge in [-0.25, -0.2) is 4.98 Å². The van der Waals surface area contributed by atoms with Gasteiger partial charge in [0.15, 0.2) is 0 Å². The van der Waals surface area contributed by atoms with E-state index in [1.165, 1.54) is 10.9 Å². The van der Waals surface area contributed by atoms with Gasteiger partial charge in [-0.05, 0) is 36.8 Å². The van der Waals surface area contributed by atoms with Gasteiger partial charge in [-0.3, -0.25) is 4.98 Å². The van der Waals surface area contributed by atoms with E-state index in [-0.39, 0.29) is 0 Å². The van der Waals surface area contributed by atoms with Crippen LogP contribution in [0.15, 0.2) is 53.7 Å². The molecule has 0 unspecified atom stereocenters. The highest BCUT2D eigenvalue weighted by Gasteiger charge is 2.05. The van der Waals surface area contributed by atoms with E-state index in [2.05, 4.69) is 34.2 Å². The van der Waals surface area contributed by atoms with E-state index in [9.17, 15) is 0 Å². The molecule has 0 atom stereocenters. The number of nitrogens with zero attached hydrogens (tertiary/aromatic N) is 2. The summed E-state index contributed by atoms with van der Waals surface area (Å²) in [7, 11) is 0. The van der Waals surface area contributed by atoms with E-state index in [0.29, 0.717) is 5.69 Å². The molecule has 0 spiro atoms. The average molecular weight is 281 g/mol. The lowest BCUT2D eigenvalue weighted by Gasteiger charge is -2.07. The van der Waals surface area contributed by atoms with E-state index < -0.39 is 0 Å². The van der Waals surface area contributed by atoms with Crippen molar-refractivity contribution in [3.8, 4) is 0 Å². The van der Waals surface area contributed by atoms with Gasteiger partial charge in [0.05, 0.1) is 22.4 Å². The number of nitrogens with two attached hydrogens (primary N) is 1. The summed E-state index contributed by atoms with van der Waals surface area (Å²) >= 11 is 1.71. The number of anilines is 1. The Hall–Kier alpha value is -2.07. The third-order valence-corrected chi connectivity index (χ3v) is 4.06. The molecule has 4 heteroatoms. The van der Waals surface area contributed by atoms with E-state index in [0.717, 1.165) is 22.0 Å². The molecule has 0 saturated heterocycles. The van der Waals surface area contributed by atoms with Crippen molar-refractivity contribution in [2.75, 3.05) is 5.73 Å². The second-order valence-electron chi connectivity index (χ2n) is 4.66. The van der Waals surface area contributed by atoms with Crippen molar-refractivity contribution in [3.05, 3.63) is 59.9 Å². The van der Waals surface area contributed by atoms with Crippen molar-refractivity contribution in [2.45, 2.75) is 17.7 Å². The minimum atomic E-state index is 0.694. The van der Waals surface area contributed by atoms with E-state index in [4.69, 9.17) is 5.73 Å². The third kappa shape index (κ3) is 2.75. The lowest BCUT2D eigenvalue weighted by atomic mass is 10.1. The van der Waals surface area contributed by atoms with Crippen molar-refractivity contribution in [1.82, 2.24) is 9.97 Å². The Kier molecular flexibility index (Phi) is 3.56. The molecule has 0 aliphatic heterocycles. The van der Waals surface area contributed by atoms with Gasteiger partial charge in [0.2, 0.25) is 0 Å². The molecular weight excluding hydrogens is 266 g/mol. The van der Waals surface area contributed by atoms with Crippen molar-refractivity contribution in [3.63, 3.8) is 0 Å². The Bertz CT molecular complexity index is 738. The van der Waals surface area contributed by atoms with Crippen LogP contribution in [0.25, 0.3) is 10.9 Å². The van der Waals surface area contributed by atoms with E-state index >= 15 is 0 Å². The molecule has 0 aliphatic carbocycles. The lowest BCUT2D eigenvalue weighted by molar-refractivity contribution is 1.13. The number of fused-ring (bicyclic) bond motifs is 1. The molecule has 3 nitrogen and oxygen atoms in total. The first-order valence-corrected chi connectivity index (χ1v) is 7.40. The predicted molar refractivity (Wildman–Crippen MR) is 84.7 cm³/mol. The number of pyridine rings is 2. The largest absolute Gasteiger partial charge is 0.397 e. The fourth-order valence-corrected chi connectivity index (χ4v) is 2.98. The summed E-state index contributed by atoms with van der Waals surface area (Å²) in [6, 6.07) is 14.2. The van der Waals surface area contributed by atoms with Gasteiger partial charge >= 0.3 is 0 Å². The Morgan fingerprint density at radius 2 is 2.00 bits per heavy atom. The normalized spacial score (nSPS) is 10.8. The third-order valence-electron chi connectivity index (χ3n) is 3.06. The minimum Gasteiger partial charge on any atom is -0.397 e. The minimum absolute atomic E-state index is 0.694. The summed E-state index contributed by atoms with van der Waals surface area (Å²) in [5.41, 5.74) is 9.73. The zero-order valence-corrected chi connectivity index (χ0v) is 12.0. The predicted octanol–water partition coefficient (Wildman–Crippen LogP) is 3.81. The first kappa shape index (κ1) is 12.9. The highest BCUT2D eigenvalue weighted by Crippen LogP contribution is 2.26. The quantitative estimate of drug-likeness (QED) is 0.742. The Morgan fingerprint density at radius 3 is 2.80 bits per heavy atom. The van der Waals surface area contributed by atoms with Crippen molar-refractivity contribution in [2.24, 2.45) is 0 Å². The molecule has 100 valence electrons. The van der Waals surface area contributed by atoms with Gasteiger partial charge in [0, 0.05) is 16.8 Å². The van der Waals surface area contributed by atoms with Gasteiger partial charge in [-0.2, -0.15) is 0 Å². The van der Waals surface area contributed by atoms with Crippen LogP contribution in [0.5, 0.6) is 0 Å². The lowest BCUT2D eigenvalue weighted by Crippen LogP contribution is -1.91. The maximum atomic E-state index is 5.65. The second-order valence-corrected chi connectivity index (χ2v) is 5.65. The number of benzene rings is 1. The maximum absolute atomic E-state index is 5.65. The van der Waals surface area contributed by atoms with Crippen LogP contribution in [0.3, 0.4) is 0 Å². The number of hydrogen-bond donors (Lipinski definition) is 1. The summed E-state index contributed by atoms with van der Waals surface area (Å²) in [5.74, 6) is 0.876. The topological polar surface area (TPSA) is 51.8 Å². The molecule has 1 aromatic carbocycles. The van der Waals surface area contributed by atoms with Gasteiger partial charge in [-0.1, -0.05) is 18.2 Å².